The van der Waals surface area contributed by atoms with Crippen molar-refractivity contribution in [1.29, 1.82) is 0 Å². The molecule has 2 atom stereocenters. The SMILES string of the molecule is [C-]#[N+]c1ccc([C@](C)(O)CN2CCN(c3ccc(OC)cc3F)[C@H](c3ccc(Cl)cc3)C2)cc1. The third kappa shape index (κ3) is 5.18. The second-order valence-electron chi connectivity index (χ2n) is 8.75. The highest BCUT2D eigenvalue weighted by Gasteiger charge is 2.34. The van der Waals surface area contributed by atoms with Crippen LogP contribution in [-0.4, -0.2) is 43.3 Å². The molecule has 0 aromatic heterocycles. The van der Waals surface area contributed by atoms with Crippen molar-refractivity contribution < 1.29 is 14.2 Å². The average molecular weight is 480 g/mol. The fourth-order valence-corrected chi connectivity index (χ4v) is 4.64. The zero-order valence-electron chi connectivity index (χ0n) is 19.2. The monoisotopic (exact) mass is 479 g/mol. The fourth-order valence-electron chi connectivity index (χ4n) is 4.51. The molecule has 34 heavy (non-hydrogen) atoms. The minimum atomic E-state index is -1.10. The van der Waals surface area contributed by atoms with Crippen molar-refractivity contribution in [3.63, 3.8) is 0 Å². The van der Waals surface area contributed by atoms with Gasteiger partial charge in [0.05, 0.1) is 31.0 Å². The molecule has 4 rings (SSSR count). The Bertz CT molecular complexity index is 1180. The molecular formula is C27H27ClFN3O2. The molecule has 176 valence electrons. The number of halogens is 2. The van der Waals surface area contributed by atoms with Gasteiger partial charge in [-0.2, -0.15) is 0 Å². The number of methoxy groups -OCH3 is 1. The molecule has 3 aromatic carbocycles. The number of piperazine rings is 1. The Morgan fingerprint density at radius 3 is 2.44 bits per heavy atom. The Hall–Kier alpha value is -3.11. The molecule has 3 aromatic rings. The van der Waals surface area contributed by atoms with Gasteiger partial charge in [-0.1, -0.05) is 48.0 Å². The van der Waals surface area contributed by atoms with Gasteiger partial charge in [0.15, 0.2) is 5.69 Å². The van der Waals surface area contributed by atoms with Gasteiger partial charge in [-0.3, -0.25) is 4.90 Å². The topological polar surface area (TPSA) is 40.3 Å². The van der Waals surface area contributed by atoms with Gasteiger partial charge >= 0.3 is 0 Å². The lowest BCUT2D eigenvalue weighted by Crippen LogP contribution is -2.52. The molecule has 0 aliphatic carbocycles. The smallest absolute Gasteiger partial charge is 0.187 e. The molecular weight excluding hydrogens is 453 g/mol. The van der Waals surface area contributed by atoms with Gasteiger partial charge in [0.25, 0.3) is 0 Å². The first-order chi connectivity index (χ1) is 16.3. The molecule has 0 amide bonds. The number of benzene rings is 3. The molecule has 1 N–H and O–H groups in total. The van der Waals surface area contributed by atoms with E-state index in [-0.39, 0.29) is 11.9 Å². The summed E-state index contributed by atoms with van der Waals surface area (Å²) < 4.78 is 20.2. The zero-order valence-corrected chi connectivity index (χ0v) is 20.0. The average Bonchev–Trinajstić information content (AvgIpc) is 2.84. The fraction of sp³-hybridized carbons (Fsp3) is 0.296. The predicted molar refractivity (Wildman–Crippen MR) is 133 cm³/mol. The summed E-state index contributed by atoms with van der Waals surface area (Å²) in [6, 6.07) is 19.4. The van der Waals surface area contributed by atoms with Crippen molar-refractivity contribution >= 4 is 23.0 Å². The van der Waals surface area contributed by atoms with Gasteiger partial charge in [0, 0.05) is 37.3 Å². The third-order valence-electron chi connectivity index (χ3n) is 6.33. The van der Waals surface area contributed by atoms with Crippen LogP contribution in [0.2, 0.25) is 5.02 Å². The summed E-state index contributed by atoms with van der Waals surface area (Å²) >= 11 is 6.12. The lowest BCUT2D eigenvalue weighted by Gasteiger charge is -2.45. The number of β-amino-alcohol motifs (C(OH)–C–C–N with tert-alkyl or cyclic N) is 1. The van der Waals surface area contributed by atoms with Crippen LogP contribution in [0.1, 0.15) is 24.1 Å². The van der Waals surface area contributed by atoms with Crippen molar-refractivity contribution in [2.75, 3.05) is 38.2 Å². The number of anilines is 1. The van der Waals surface area contributed by atoms with Crippen LogP contribution in [0.25, 0.3) is 4.85 Å². The van der Waals surface area contributed by atoms with Crippen molar-refractivity contribution in [3.8, 4) is 5.75 Å². The minimum absolute atomic E-state index is 0.130. The molecule has 0 unspecified atom stereocenters. The summed E-state index contributed by atoms with van der Waals surface area (Å²) in [4.78, 5) is 7.68. The lowest BCUT2D eigenvalue weighted by atomic mass is 9.93. The van der Waals surface area contributed by atoms with E-state index in [1.54, 1.807) is 43.3 Å². The molecule has 1 aliphatic rings. The Morgan fingerprint density at radius 1 is 1.12 bits per heavy atom. The van der Waals surface area contributed by atoms with Crippen LogP contribution in [0.15, 0.2) is 66.7 Å². The third-order valence-corrected chi connectivity index (χ3v) is 6.59. The molecule has 0 bridgehead atoms. The molecule has 5 nitrogen and oxygen atoms in total. The maximum absolute atomic E-state index is 15.0. The molecule has 7 heteroatoms. The van der Waals surface area contributed by atoms with Crippen molar-refractivity contribution in [1.82, 2.24) is 4.90 Å². The van der Waals surface area contributed by atoms with Crippen LogP contribution >= 0.6 is 11.6 Å². The highest BCUT2D eigenvalue weighted by Crippen LogP contribution is 2.35. The summed E-state index contributed by atoms with van der Waals surface area (Å²) in [5.41, 5.74) is 1.73. The quantitative estimate of drug-likeness (QED) is 0.453. The number of nitrogens with zero attached hydrogens (tertiary/aromatic N) is 3. The highest BCUT2D eigenvalue weighted by molar-refractivity contribution is 6.30. The van der Waals surface area contributed by atoms with Crippen LogP contribution in [-0.2, 0) is 5.60 Å². The van der Waals surface area contributed by atoms with E-state index in [0.29, 0.717) is 48.3 Å². The van der Waals surface area contributed by atoms with E-state index in [4.69, 9.17) is 22.9 Å². The van der Waals surface area contributed by atoms with Crippen molar-refractivity contribution in [3.05, 3.63) is 100 Å². The van der Waals surface area contributed by atoms with E-state index in [2.05, 4.69) is 14.6 Å². The Kier molecular flexibility index (Phi) is 7.08. The standard InChI is InChI=1S/C27H27ClFN3O2/c1-27(33,20-6-10-22(30-2)11-7-20)18-31-14-15-32(25-13-12-23(34-3)16-24(25)29)26(17-31)19-4-8-21(28)9-5-19/h4-13,16,26,33H,14-15,17-18H2,1,3H3/t26-,27+/m0/s1. The van der Waals surface area contributed by atoms with Crippen molar-refractivity contribution in [2.45, 2.75) is 18.6 Å². The van der Waals surface area contributed by atoms with E-state index in [1.807, 2.05) is 24.3 Å². The normalized spacial score (nSPS) is 18.2. The van der Waals surface area contributed by atoms with Gasteiger partial charge in [0.2, 0.25) is 0 Å². The second kappa shape index (κ2) is 10.0. The molecule has 0 radical (unpaired) electrons. The van der Waals surface area contributed by atoms with Crippen LogP contribution < -0.4 is 9.64 Å². The molecule has 1 saturated heterocycles. The number of rotatable bonds is 6. The van der Waals surface area contributed by atoms with E-state index in [9.17, 15) is 5.11 Å². The van der Waals surface area contributed by atoms with E-state index in [0.717, 1.165) is 11.1 Å². The maximum Gasteiger partial charge on any atom is 0.187 e. The van der Waals surface area contributed by atoms with Crippen molar-refractivity contribution in [2.24, 2.45) is 0 Å². The summed E-state index contributed by atoms with van der Waals surface area (Å²) in [6.45, 7) is 11.2. The van der Waals surface area contributed by atoms with Gasteiger partial charge in [-0.05, 0) is 42.3 Å². The second-order valence-corrected chi connectivity index (χ2v) is 9.18. The summed E-state index contributed by atoms with van der Waals surface area (Å²) in [5, 5.41) is 11.9. The van der Waals surface area contributed by atoms with Crippen LogP contribution in [0.5, 0.6) is 5.75 Å². The highest BCUT2D eigenvalue weighted by atomic mass is 35.5. The predicted octanol–water partition coefficient (Wildman–Crippen LogP) is 5.81. The van der Waals surface area contributed by atoms with Crippen LogP contribution in [0, 0.1) is 12.4 Å². The summed E-state index contributed by atoms with van der Waals surface area (Å²) in [6.07, 6.45) is 0. The Labute approximate surface area is 204 Å². The molecule has 0 saturated carbocycles. The maximum atomic E-state index is 15.0. The number of hydrogen-bond acceptors (Lipinski definition) is 4. The van der Waals surface area contributed by atoms with E-state index in [1.165, 1.54) is 13.2 Å². The number of hydrogen-bond donors (Lipinski definition) is 1. The number of aliphatic hydroxyl groups is 1. The molecule has 1 fully saturated rings. The first kappa shape index (κ1) is 24.0. The Morgan fingerprint density at radius 2 is 1.82 bits per heavy atom. The number of ether oxygens (including phenoxy) is 1. The van der Waals surface area contributed by atoms with Crippen LogP contribution in [0.3, 0.4) is 0 Å². The van der Waals surface area contributed by atoms with Crippen LogP contribution in [0.4, 0.5) is 15.8 Å². The molecule has 1 heterocycles. The molecule has 1 aliphatic heterocycles. The lowest BCUT2D eigenvalue weighted by molar-refractivity contribution is 0.0102. The summed E-state index contributed by atoms with van der Waals surface area (Å²) in [7, 11) is 1.52. The Balaban J connectivity index is 1.60. The first-order valence-electron chi connectivity index (χ1n) is 11.1. The first-order valence-corrected chi connectivity index (χ1v) is 11.5. The largest absolute Gasteiger partial charge is 0.497 e. The van der Waals surface area contributed by atoms with Gasteiger partial charge in [-0.25, -0.2) is 9.24 Å². The van der Waals surface area contributed by atoms with Gasteiger partial charge < -0.3 is 14.7 Å². The van der Waals surface area contributed by atoms with Gasteiger partial charge in [0.1, 0.15) is 11.6 Å². The summed E-state index contributed by atoms with van der Waals surface area (Å²) in [5.74, 6) is 0.141. The minimum Gasteiger partial charge on any atom is -0.497 e. The zero-order chi connectivity index (χ0) is 24.3. The van der Waals surface area contributed by atoms with E-state index < -0.39 is 5.60 Å². The van der Waals surface area contributed by atoms with E-state index >= 15 is 4.39 Å². The molecule has 0 spiro atoms. The van der Waals surface area contributed by atoms with Gasteiger partial charge in [-0.15, -0.1) is 0 Å².